The first-order chi connectivity index (χ1) is 13.4. The summed E-state index contributed by atoms with van der Waals surface area (Å²) in [5, 5.41) is 2.97. The number of aryl methyl sites for hydroxylation is 1. The number of nitrogens with one attached hydrogen (secondary N) is 1. The van der Waals surface area contributed by atoms with Crippen LogP contribution in [0.4, 0.5) is 4.39 Å². The SMILES string of the molecule is O=C(NCCCc1ccc(F)cc1)c1cc(S(=O)(=O)N2CCCC2)ccc1Cl. The average Bonchev–Trinajstić information content (AvgIpc) is 3.22. The number of sulfonamides is 1. The molecule has 0 spiro atoms. The minimum atomic E-state index is -3.61. The maximum absolute atomic E-state index is 12.9. The summed E-state index contributed by atoms with van der Waals surface area (Å²) in [6.07, 6.45) is 3.04. The molecule has 1 saturated heterocycles. The van der Waals surface area contributed by atoms with Crippen molar-refractivity contribution in [3.05, 3.63) is 64.4 Å². The summed E-state index contributed by atoms with van der Waals surface area (Å²) in [6, 6.07) is 10.4. The Balaban J connectivity index is 1.62. The third-order valence-corrected chi connectivity index (χ3v) is 6.95. The highest BCUT2D eigenvalue weighted by Crippen LogP contribution is 2.25. The maximum atomic E-state index is 12.9. The van der Waals surface area contributed by atoms with Crippen LogP contribution in [0.15, 0.2) is 47.4 Å². The first kappa shape index (κ1) is 20.8. The van der Waals surface area contributed by atoms with E-state index in [1.807, 2.05) is 0 Å². The Bertz CT molecular complexity index is 942. The van der Waals surface area contributed by atoms with Crippen molar-refractivity contribution in [2.75, 3.05) is 19.6 Å². The van der Waals surface area contributed by atoms with Crippen LogP contribution in [0.5, 0.6) is 0 Å². The van der Waals surface area contributed by atoms with E-state index in [-0.39, 0.29) is 21.3 Å². The summed E-state index contributed by atoms with van der Waals surface area (Å²) in [5.41, 5.74) is 1.12. The lowest BCUT2D eigenvalue weighted by atomic mass is 10.1. The van der Waals surface area contributed by atoms with Gasteiger partial charge in [-0.25, -0.2) is 12.8 Å². The molecule has 1 fully saturated rings. The number of hydrogen-bond acceptors (Lipinski definition) is 3. The Hall–Kier alpha value is -1.96. The Labute approximate surface area is 169 Å². The van der Waals surface area contributed by atoms with Crippen LogP contribution in [0.3, 0.4) is 0 Å². The fraction of sp³-hybridized carbons (Fsp3) is 0.350. The normalized spacial score (nSPS) is 14.9. The number of rotatable bonds is 7. The molecule has 5 nitrogen and oxygen atoms in total. The molecule has 0 aromatic heterocycles. The van der Waals surface area contributed by atoms with Gasteiger partial charge in [-0.1, -0.05) is 23.7 Å². The number of amides is 1. The summed E-state index contributed by atoms with van der Waals surface area (Å²) in [7, 11) is -3.61. The Morgan fingerprint density at radius 3 is 2.46 bits per heavy atom. The quantitative estimate of drug-likeness (QED) is 0.690. The zero-order chi connectivity index (χ0) is 20.1. The van der Waals surface area contributed by atoms with Crippen LogP contribution in [-0.4, -0.2) is 38.3 Å². The van der Waals surface area contributed by atoms with Gasteiger partial charge in [-0.15, -0.1) is 0 Å². The lowest BCUT2D eigenvalue weighted by Crippen LogP contribution is -2.29. The first-order valence-corrected chi connectivity index (χ1v) is 11.0. The second-order valence-electron chi connectivity index (χ2n) is 6.74. The number of benzene rings is 2. The largest absolute Gasteiger partial charge is 0.352 e. The van der Waals surface area contributed by atoms with Gasteiger partial charge in [0.25, 0.3) is 5.91 Å². The summed E-state index contributed by atoms with van der Waals surface area (Å²) < 4.78 is 39.7. The molecule has 1 amide bonds. The van der Waals surface area contributed by atoms with E-state index in [0.717, 1.165) is 18.4 Å². The van der Waals surface area contributed by atoms with Crippen molar-refractivity contribution in [2.24, 2.45) is 0 Å². The molecule has 0 atom stereocenters. The predicted molar refractivity (Wildman–Crippen MR) is 106 cm³/mol. The molecule has 0 unspecified atom stereocenters. The molecule has 1 N–H and O–H groups in total. The monoisotopic (exact) mass is 424 g/mol. The predicted octanol–water partition coefficient (Wildman–Crippen LogP) is 3.63. The van der Waals surface area contributed by atoms with Crippen molar-refractivity contribution in [3.63, 3.8) is 0 Å². The van der Waals surface area contributed by atoms with Crippen LogP contribution >= 0.6 is 11.6 Å². The summed E-state index contributed by atoms with van der Waals surface area (Å²) in [4.78, 5) is 12.5. The highest BCUT2D eigenvalue weighted by Gasteiger charge is 2.28. The molecule has 150 valence electrons. The zero-order valence-corrected chi connectivity index (χ0v) is 16.9. The molecule has 1 aliphatic rings. The van der Waals surface area contributed by atoms with Crippen molar-refractivity contribution >= 4 is 27.5 Å². The molecule has 0 saturated carbocycles. The van der Waals surface area contributed by atoms with Crippen molar-refractivity contribution in [2.45, 2.75) is 30.6 Å². The van der Waals surface area contributed by atoms with Gasteiger partial charge in [-0.3, -0.25) is 4.79 Å². The van der Waals surface area contributed by atoms with Crippen LogP contribution in [0, 0.1) is 5.82 Å². The van der Waals surface area contributed by atoms with E-state index < -0.39 is 15.9 Å². The smallest absolute Gasteiger partial charge is 0.252 e. The third-order valence-electron chi connectivity index (χ3n) is 4.73. The van der Waals surface area contributed by atoms with E-state index >= 15 is 0 Å². The third kappa shape index (κ3) is 4.90. The lowest BCUT2D eigenvalue weighted by Gasteiger charge is -2.16. The lowest BCUT2D eigenvalue weighted by molar-refractivity contribution is 0.0953. The molecule has 1 heterocycles. The zero-order valence-electron chi connectivity index (χ0n) is 15.3. The van der Waals surface area contributed by atoms with E-state index in [4.69, 9.17) is 11.6 Å². The number of carbonyl (C=O) groups is 1. The van der Waals surface area contributed by atoms with Gasteiger partial charge in [-0.05, 0) is 61.6 Å². The summed E-state index contributed by atoms with van der Waals surface area (Å²) in [5.74, 6) is -0.696. The molecule has 0 aliphatic carbocycles. The van der Waals surface area contributed by atoms with Crippen LogP contribution in [0.25, 0.3) is 0 Å². The highest BCUT2D eigenvalue weighted by molar-refractivity contribution is 7.89. The van der Waals surface area contributed by atoms with Gasteiger partial charge in [0.1, 0.15) is 5.82 Å². The molecule has 2 aromatic rings. The van der Waals surface area contributed by atoms with Crippen LogP contribution < -0.4 is 5.32 Å². The maximum Gasteiger partial charge on any atom is 0.252 e. The molecule has 28 heavy (non-hydrogen) atoms. The van der Waals surface area contributed by atoms with Crippen molar-refractivity contribution in [3.8, 4) is 0 Å². The van der Waals surface area contributed by atoms with Crippen molar-refractivity contribution in [1.82, 2.24) is 9.62 Å². The standard InChI is InChI=1S/C20H22ClFN2O3S/c21-19-10-9-17(28(26,27)24-12-1-2-13-24)14-18(19)20(25)23-11-3-4-15-5-7-16(22)8-6-15/h5-10,14H,1-4,11-13H2,(H,23,25). The fourth-order valence-electron chi connectivity index (χ4n) is 3.16. The average molecular weight is 425 g/mol. The van der Waals surface area contributed by atoms with Gasteiger partial charge < -0.3 is 5.32 Å². The van der Waals surface area contributed by atoms with Crippen LogP contribution in [0.1, 0.15) is 35.2 Å². The molecule has 1 aliphatic heterocycles. The first-order valence-electron chi connectivity index (χ1n) is 9.20. The van der Waals surface area contributed by atoms with Gasteiger partial charge in [0, 0.05) is 19.6 Å². The van der Waals surface area contributed by atoms with Crippen molar-refractivity contribution < 1.29 is 17.6 Å². The Morgan fingerprint density at radius 1 is 1.11 bits per heavy atom. The summed E-state index contributed by atoms with van der Waals surface area (Å²) in [6.45, 7) is 1.39. The number of nitrogens with zero attached hydrogens (tertiary/aromatic N) is 1. The van der Waals surface area contributed by atoms with Crippen LogP contribution in [0.2, 0.25) is 5.02 Å². The molecular weight excluding hydrogens is 403 g/mol. The van der Waals surface area contributed by atoms with E-state index in [9.17, 15) is 17.6 Å². The number of halogens is 2. The number of hydrogen-bond donors (Lipinski definition) is 1. The van der Waals surface area contributed by atoms with E-state index in [1.54, 1.807) is 12.1 Å². The second kappa shape index (κ2) is 9.03. The molecular formula is C20H22ClFN2O3S. The van der Waals surface area contributed by atoms with E-state index in [2.05, 4.69) is 5.32 Å². The molecule has 8 heteroatoms. The minimum absolute atomic E-state index is 0.0789. The highest BCUT2D eigenvalue weighted by atomic mass is 35.5. The van der Waals surface area contributed by atoms with Gasteiger partial charge in [0.2, 0.25) is 10.0 Å². The second-order valence-corrected chi connectivity index (χ2v) is 9.08. The fourth-order valence-corrected chi connectivity index (χ4v) is 4.90. The number of carbonyl (C=O) groups excluding carboxylic acids is 1. The van der Waals surface area contributed by atoms with E-state index in [1.165, 1.54) is 34.6 Å². The van der Waals surface area contributed by atoms with Gasteiger partial charge in [0.05, 0.1) is 15.5 Å². The minimum Gasteiger partial charge on any atom is -0.352 e. The Kier molecular flexibility index (Phi) is 6.69. The van der Waals surface area contributed by atoms with Gasteiger partial charge >= 0.3 is 0 Å². The Morgan fingerprint density at radius 2 is 1.79 bits per heavy atom. The molecule has 0 radical (unpaired) electrons. The topological polar surface area (TPSA) is 66.5 Å². The van der Waals surface area contributed by atoms with E-state index in [0.29, 0.717) is 32.5 Å². The van der Waals surface area contributed by atoms with Crippen molar-refractivity contribution in [1.29, 1.82) is 0 Å². The molecule has 3 rings (SSSR count). The van der Waals surface area contributed by atoms with Crippen LogP contribution in [-0.2, 0) is 16.4 Å². The molecule has 0 bridgehead atoms. The molecule has 2 aromatic carbocycles. The summed E-state index contributed by atoms with van der Waals surface area (Å²) >= 11 is 6.12. The van der Waals surface area contributed by atoms with Gasteiger partial charge in [0.15, 0.2) is 0 Å². The van der Waals surface area contributed by atoms with Gasteiger partial charge in [-0.2, -0.15) is 4.31 Å².